The molecular formula is C19H16F2O4. The molecule has 0 bridgehead atoms. The van der Waals surface area contributed by atoms with Gasteiger partial charge in [-0.2, -0.15) is 0 Å². The summed E-state index contributed by atoms with van der Waals surface area (Å²) in [6.45, 7) is 0.117. The van der Waals surface area contributed by atoms with Gasteiger partial charge in [-0.25, -0.2) is 8.78 Å². The van der Waals surface area contributed by atoms with E-state index in [4.69, 9.17) is 9.47 Å². The van der Waals surface area contributed by atoms with Crippen LogP contribution in [0.5, 0.6) is 0 Å². The van der Waals surface area contributed by atoms with Gasteiger partial charge in [0.1, 0.15) is 24.3 Å². The summed E-state index contributed by atoms with van der Waals surface area (Å²) in [5.74, 6) is -3.90. The minimum absolute atomic E-state index is 0.0388. The van der Waals surface area contributed by atoms with Crippen molar-refractivity contribution >= 4 is 11.9 Å². The summed E-state index contributed by atoms with van der Waals surface area (Å²) >= 11 is 0. The van der Waals surface area contributed by atoms with Gasteiger partial charge in [0, 0.05) is 12.0 Å². The Labute approximate surface area is 143 Å². The van der Waals surface area contributed by atoms with Crippen LogP contribution >= 0.6 is 0 Å². The zero-order valence-corrected chi connectivity index (χ0v) is 13.3. The summed E-state index contributed by atoms with van der Waals surface area (Å²) in [7, 11) is 0. The molecule has 2 atom stereocenters. The molecule has 0 aliphatic carbocycles. The molecule has 1 aliphatic heterocycles. The third kappa shape index (κ3) is 4.02. The van der Waals surface area contributed by atoms with Crippen LogP contribution in [-0.2, 0) is 25.7 Å². The zero-order valence-electron chi connectivity index (χ0n) is 13.3. The largest absolute Gasteiger partial charge is 0.461 e. The van der Waals surface area contributed by atoms with Crippen LogP contribution in [0.25, 0.3) is 0 Å². The first-order valence-electron chi connectivity index (χ1n) is 7.88. The van der Waals surface area contributed by atoms with Crippen LogP contribution in [0.3, 0.4) is 0 Å². The van der Waals surface area contributed by atoms with Crippen molar-refractivity contribution in [1.82, 2.24) is 0 Å². The first kappa shape index (κ1) is 17.1. The molecule has 130 valence electrons. The third-order valence-electron chi connectivity index (χ3n) is 4.05. The lowest BCUT2D eigenvalue weighted by Gasteiger charge is -2.09. The maximum atomic E-state index is 13.8. The number of carbonyl (C=O) groups excluding carboxylic acids is 2. The Morgan fingerprint density at radius 2 is 1.76 bits per heavy atom. The predicted molar refractivity (Wildman–Crippen MR) is 84.5 cm³/mol. The molecular weight excluding hydrogens is 330 g/mol. The topological polar surface area (TPSA) is 52.6 Å². The molecule has 1 heterocycles. The highest BCUT2D eigenvalue weighted by Gasteiger charge is 2.39. The fraction of sp³-hybridized carbons (Fsp3) is 0.263. The maximum Gasteiger partial charge on any atom is 0.314 e. The number of rotatable bonds is 5. The highest BCUT2D eigenvalue weighted by molar-refractivity contribution is 5.81. The SMILES string of the molecule is O=C(CC1CC(c2c(F)cccc2F)C(=O)O1)OCc1ccccc1. The first-order chi connectivity index (χ1) is 12.0. The second-order valence-electron chi connectivity index (χ2n) is 5.83. The fourth-order valence-corrected chi connectivity index (χ4v) is 2.84. The summed E-state index contributed by atoms with van der Waals surface area (Å²) in [4.78, 5) is 23.8. The lowest BCUT2D eigenvalue weighted by Crippen LogP contribution is -2.15. The molecule has 1 aliphatic rings. The van der Waals surface area contributed by atoms with Crippen molar-refractivity contribution in [3.05, 3.63) is 71.3 Å². The van der Waals surface area contributed by atoms with E-state index in [1.165, 1.54) is 6.07 Å². The molecule has 0 amide bonds. The second kappa shape index (κ2) is 7.42. The van der Waals surface area contributed by atoms with E-state index in [1.807, 2.05) is 30.3 Å². The Morgan fingerprint density at radius 3 is 2.44 bits per heavy atom. The molecule has 2 aromatic carbocycles. The number of esters is 2. The van der Waals surface area contributed by atoms with Crippen LogP contribution in [0.4, 0.5) is 8.78 Å². The Morgan fingerprint density at radius 1 is 1.08 bits per heavy atom. The van der Waals surface area contributed by atoms with Crippen molar-refractivity contribution in [2.45, 2.75) is 31.5 Å². The Bertz CT molecular complexity index is 756. The van der Waals surface area contributed by atoms with Crippen LogP contribution in [0.2, 0.25) is 0 Å². The Hall–Kier alpha value is -2.76. The molecule has 2 unspecified atom stereocenters. The third-order valence-corrected chi connectivity index (χ3v) is 4.05. The smallest absolute Gasteiger partial charge is 0.314 e. The van der Waals surface area contributed by atoms with Gasteiger partial charge in [0.05, 0.1) is 12.3 Å². The quantitative estimate of drug-likeness (QED) is 0.778. The minimum atomic E-state index is -1.05. The Balaban J connectivity index is 1.58. The maximum absolute atomic E-state index is 13.8. The average molecular weight is 346 g/mol. The molecule has 2 aromatic rings. The summed E-state index contributed by atoms with van der Waals surface area (Å²) in [6, 6.07) is 12.6. The molecule has 1 saturated heterocycles. The number of cyclic esters (lactones) is 1. The molecule has 0 radical (unpaired) electrons. The van der Waals surface area contributed by atoms with E-state index in [2.05, 4.69) is 0 Å². The molecule has 25 heavy (non-hydrogen) atoms. The monoisotopic (exact) mass is 346 g/mol. The second-order valence-corrected chi connectivity index (χ2v) is 5.83. The van der Waals surface area contributed by atoms with Crippen molar-refractivity contribution in [1.29, 1.82) is 0 Å². The number of ether oxygens (including phenoxy) is 2. The van der Waals surface area contributed by atoms with Crippen molar-refractivity contribution in [2.24, 2.45) is 0 Å². The predicted octanol–water partition coefficient (Wildman–Crippen LogP) is 3.50. The number of hydrogen-bond acceptors (Lipinski definition) is 4. The van der Waals surface area contributed by atoms with E-state index in [-0.39, 0.29) is 25.0 Å². The van der Waals surface area contributed by atoms with Crippen LogP contribution in [-0.4, -0.2) is 18.0 Å². The Kier molecular flexibility index (Phi) is 5.07. The van der Waals surface area contributed by atoms with Gasteiger partial charge in [-0.1, -0.05) is 36.4 Å². The number of carbonyl (C=O) groups is 2. The van der Waals surface area contributed by atoms with Crippen LogP contribution in [0.15, 0.2) is 48.5 Å². The average Bonchev–Trinajstić information content (AvgIpc) is 2.94. The molecule has 3 rings (SSSR count). The van der Waals surface area contributed by atoms with Gasteiger partial charge in [-0.3, -0.25) is 9.59 Å². The van der Waals surface area contributed by atoms with Crippen LogP contribution in [0.1, 0.15) is 29.9 Å². The summed E-state index contributed by atoms with van der Waals surface area (Å²) in [5, 5.41) is 0. The van der Waals surface area contributed by atoms with Gasteiger partial charge in [0.25, 0.3) is 0 Å². The molecule has 0 aromatic heterocycles. The number of halogens is 2. The highest BCUT2D eigenvalue weighted by atomic mass is 19.1. The van der Waals surface area contributed by atoms with Gasteiger partial charge in [-0.05, 0) is 17.7 Å². The van der Waals surface area contributed by atoms with Crippen molar-refractivity contribution in [2.75, 3.05) is 0 Å². The van der Waals surface area contributed by atoms with Crippen molar-refractivity contribution in [3.63, 3.8) is 0 Å². The summed E-state index contributed by atoms with van der Waals surface area (Å²) in [5.41, 5.74) is 0.526. The van der Waals surface area contributed by atoms with Crippen molar-refractivity contribution in [3.8, 4) is 0 Å². The lowest BCUT2D eigenvalue weighted by molar-refractivity contribution is -0.150. The highest BCUT2D eigenvalue weighted by Crippen LogP contribution is 2.35. The van der Waals surface area contributed by atoms with E-state index in [0.717, 1.165) is 17.7 Å². The zero-order chi connectivity index (χ0) is 17.8. The normalized spacial score (nSPS) is 19.5. The van der Waals surface area contributed by atoms with Gasteiger partial charge in [0.15, 0.2) is 0 Å². The minimum Gasteiger partial charge on any atom is -0.461 e. The van der Waals surface area contributed by atoms with Gasteiger partial charge >= 0.3 is 11.9 Å². The molecule has 1 fully saturated rings. The van der Waals surface area contributed by atoms with Gasteiger partial charge in [0.2, 0.25) is 0 Å². The number of benzene rings is 2. The van der Waals surface area contributed by atoms with E-state index in [9.17, 15) is 18.4 Å². The molecule has 0 N–H and O–H groups in total. The number of hydrogen-bond donors (Lipinski definition) is 0. The van der Waals surface area contributed by atoms with Crippen LogP contribution in [0, 0.1) is 11.6 Å². The summed E-state index contributed by atoms with van der Waals surface area (Å²) in [6.07, 6.45) is -0.859. The standard InChI is InChI=1S/C19H16F2O4/c20-15-7-4-8-16(21)18(15)14-9-13(25-19(14)23)10-17(22)24-11-12-5-2-1-3-6-12/h1-8,13-14H,9-11H2. The van der Waals surface area contributed by atoms with E-state index in [1.54, 1.807) is 0 Å². The lowest BCUT2D eigenvalue weighted by atomic mass is 9.94. The van der Waals surface area contributed by atoms with E-state index >= 15 is 0 Å². The summed E-state index contributed by atoms with van der Waals surface area (Å²) < 4.78 is 37.9. The fourth-order valence-electron chi connectivity index (χ4n) is 2.84. The van der Waals surface area contributed by atoms with Crippen LogP contribution < -0.4 is 0 Å². The molecule has 0 spiro atoms. The molecule has 0 saturated carbocycles. The van der Waals surface area contributed by atoms with Gasteiger partial charge < -0.3 is 9.47 Å². The van der Waals surface area contributed by atoms with E-state index < -0.39 is 35.6 Å². The first-order valence-corrected chi connectivity index (χ1v) is 7.88. The van der Waals surface area contributed by atoms with Crippen molar-refractivity contribution < 1.29 is 27.8 Å². The molecule has 6 heteroatoms. The van der Waals surface area contributed by atoms with Gasteiger partial charge in [-0.15, -0.1) is 0 Å². The molecule has 4 nitrogen and oxygen atoms in total. The van der Waals surface area contributed by atoms with E-state index in [0.29, 0.717) is 0 Å².